The lowest BCUT2D eigenvalue weighted by Crippen LogP contribution is -2.64. The molecule has 7 nitrogen and oxygen atoms in total. The van der Waals surface area contributed by atoms with Crippen LogP contribution in [0.5, 0.6) is 0 Å². The lowest BCUT2D eigenvalue weighted by molar-refractivity contribution is -0.142. The Bertz CT molecular complexity index is 364. The van der Waals surface area contributed by atoms with Crippen LogP contribution in [0.3, 0.4) is 0 Å². The number of sulfonamides is 1. The third-order valence-corrected chi connectivity index (χ3v) is 3.74. The molecule has 0 aromatic heterocycles. The third-order valence-electron chi connectivity index (χ3n) is 2.41. The second-order valence-corrected chi connectivity index (χ2v) is 5.95. The molecule has 100 valence electrons. The minimum Gasteiger partial charge on any atom is -0.466 e. The Kier molecular flexibility index (Phi) is 4.87. The third kappa shape index (κ3) is 4.99. The largest absolute Gasteiger partial charge is 0.466 e. The molecular formula is C9H18N2O5S. The van der Waals surface area contributed by atoms with E-state index >= 15 is 0 Å². The summed E-state index contributed by atoms with van der Waals surface area (Å²) in [5, 5.41) is 12.5. The Morgan fingerprint density at radius 3 is 2.65 bits per heavy atom. The van der Waals surface area contributed by atoms with Crippen molar-refractivity contribution < 1.29 is 23.1 Å². The van der Waals surface area contributed by atoms with Crippen molar-refractivity contribution in [2.24, 2.45) is 0 Å². The summed E-state index contributed by atoms with van der Waals surface area (Å²) in [6.07, 6.45) is -0.181. The average Bonchev–Trinajstić information content (AvgIpc) is 2.22. The van der Waals surface area contributed by atoms with Crippen LogP contribution in [0.4, 0.5) is 0 Å². The summed E-state index contributed by atoms with van der Waals surface area (Å²) >= 11 is 0. The first-order chi connectivity index (χ1) is 7.87. The van der Waals surface area contributed by atoms with E-state index in [1.807, 2.05) is 0 Å². The van der Waals surface area contributed by atoms with Gasteiger partial charge in [-0.15, -0.1) is 0 Å². The lowest BCUT2D eigenvalue weighted by atomic mass is 9.98. The first-order valence-corrected chi connectivity index (χ1v) is 7.08. The van der Waals surface area contributed by atoms with Crippen LogP contribution in [0, 0.1) is 0 Å². The van der Waals surface area contributed by atoms with E-state index in [0.717, 1.165) is 0 Å². The molecule has 0 atom stereocenters. The van der Waals surface area contributed by atoms with Crippen LogP contribution in [0.25, 0.3) is 0 Å². The van der Waals surface area contributed by atoms with Gasteiger partial charge in [-0.2, -0.15) is 0 Å². The van der Waals surface area contributed by atoms with Crippen molar-refractivity contribution >= 4 is 16.0 Å². The molecule has 3 N–H and O–H groups in total. The van der Waals surface area contributed by atoms with E-state index in [2.05, 4.69) is 14.8 Å². The first kappa shape index (κ1) is 14.4. The predicted molar refractivity (Wildman–Crippen MR) is 60.9 cm³/mol. The Hall–Kier alpha value is -0.700. The van der Waals surface area contributed by atoms with Gasteiger partial charge in [-0.1, -0.05) is 0 Å². The SMILES string of the molecule is CCOC(=O)CCS(=O)(=O)NCC1(O)CNC1. The Morgan fingerprint density at radius 2 is 2.18 bits per heavy atom. The molecule has 8 heteroatoms. The molecule has 1 heterocycles. The van der Waals surface area contributed by atoms with E-state index in [0.29, 0.717) is 13.1 Å². The van der Waals surface area contributed by atoms with Gasteiger partial charge in [0.15, 0.2) is 0 Å². The molecule has 0 spiro atoms. The number of hydrogen-bond acceptors (Lipinski definition) is 6. The molecule has 0 amide bonds. The van der Waals surface area contributed by atoms with Gasteiger partial charge >= 0.3 is 5.97 Å². The molecule has 1 rings (SSSR count). The van der Waals surface area contributed by atoms with Crippen molar-refractivity contribution in [3.63, 3.8) is 0 Å². The summed E-state index contributed by atoms with van der Waals surface area (Å²) in [4.78, 5) is 11.0. The highest BCUT2D eigenvalue weighted by Gasteiger charge is 2.35. The maximum Gasteiger partial charge on any atom is 0.306 e. The van der Waals surface area contributed by atoms with Crippen molar-refractivity contribution in [1.82, 2.24) is 10.0 Å². The molecule has 0 aliphatic carbocycles. The summed E-state index contributed by atoms with van der Waals surface area (Å²) in [5.41, 5.74) is -1.00. The molecule has 1 fully saturated rings. The number of hydrogen-bond donors (Lipinski definition) is 3. The van der Waals surface area contributed by atoms with Crippen LogP contribution in [0.15, 0.2) is 0 Å². The normalized spacial score (nSPS) is 18.5. The maximum absolute atomic E-state index is 11.5. The molecule has 1 aliphatic heterocycles. The summed E-state index contributed by atoms with van der Waals surface area (Å²) in [6.45, 7) is 2.59. The van der Waals surface area contributed by atoms with Crippen molar-refractivity contribution in [1.29, 1.82) is 0 Å². The average molecular weight is 266 g/mol. The van der Waals surface area contributed by atoms with Gasteiger partial charge < -0.3 is 15.2 Å². The highest BCUT2D eigenvalue weighted by atomic mass is 32.2. The Labute approximate surface area is 101 Å². The fraction of sp³-hybridized carbons (Fsp3) is 0.889. The number of ether oxygens (including phenoxy) is 1. The standard InChI is InChI=1S/C9H18N2O5S/c1-2-16-8(12)3-4-17(14,15)11-7-9(13)5-10-6-9/h10-11,13H,2-7H2,1H3. The van der Waals surface area contributed by atoms with E-state index in [-0.39, 0.29) is 25.3 Å². The second-order valence-electron chi connectivity index (χ2n) is 4.02. The zero-order chi connectivity index (χ0) is 12.9. The number of β-amino-alcohol motifs (C(OH)–C–C–N with tert-alkyl or cyclic N) is 1. The smallest absolute Gasteiger partial charge is 0.306 e. The molecule has 0 unspecified atom stereocenters. The highest BCUT2D eigenvalue weighted by molar-refractivity contribution is 7.89. The molecule has 17 heavy (non-hydrogen) atoms. The van der Waals surface area contributed by atoms with Crippen molar-refractivity contribution in [3.05, 3.63) is 0 Å². The molecule has 1 aliphatic rings. The zero-order valence-electron chi connectivity index (χ0n) is 9.73. The number of rotatable bonds is 7. The summed E-state index contributed by atoms with van der Waals surface area (Å²) in [6, 6.07) is 0. The molecule has 1 saturated heterocycles. The molecule has 0 radical (unpaired) electrons. The van der Waals surface area contributed by atoms with Gasteiger partial charge in [-0.25, -0.2) is 13.1 Å². The van der Waals surface area contributed by atoms with Crippen molar-refractivity contribution in [2.75, 3.05) is 32.0 Å². The number of carbonyl (C=O) groups excluding carboxylic acids is 1. The topological polar surface area (TPSA) is 105 Å². The van der Waals surface area contributed by atoms with E-state index in [9.17, 15) is 18.3 Å². The maximum atomic E-state index is 11.5. The monoisotopic (exact) mass is 266 g/mol. The van der Waals surface area contributed by atoms with E-state index in [1.165, 1.54) is 0 Å². The molecule has 0 aromatic carbocycles. The highest BCUT2D eigenvalue weighted by Crippen LogP contribution is 2.08. The summed E-state index contributed by atoms with van der Waals surface area (Å²) < 4.78 is 29.8. The minimum absolute atomic E-state index is 0.0365. The number of aliphatic hydroxyl groups is 1. The molecule has 0 bridgehead atoms. The van der Waals surface area contributed by atoms with Crippen LogP contribution in [-0.4, -0.2) is 57.1 Å². The van der Waals surface area contributed by atoms with Gasteiger partial charge in [-0.3, -0.25) is 4.79 Å². The first-order valence-electron chi connectivity index (χ1n) is 5.43. The number of nitrogens with one attached hydrogen (secondary N) is 2. The lowest BCUT2D eigenvalue weighted by Gasteiger charge is -2.37. The second kappa shape index (κ2) is 5.76. The van der Waals surface area contributed by atoms with Crippen molar-refractivity contribution in [3.8, 4) is 0 Å². The van der Waals surface area contributed by atoms with Gasteiger partial charge in [0.2, 0.25) is 10.0 Å². The molecular weight excluding hydrogens is 248 g/mol. The van der Waals surface area contributed by atoms with Crippen LogP contribution < -0.4 is 10.0 Å². The van der Waals surface area contributed by atoms with E-state index in [4.69, 9.17) is 0 Å². The van der Waals surface area contributed by atoms with Gasteiger partial charge in [0.25, 0.3) is 0 Å². The van der Waals surface area contributed by atoms with Crippen molar-refractivity contribution in [2.45, 2.75) is 18.9 Å². The van der Waals surface area contributed by atoms with Crippen LogP contribution in [-0.2, 0) is 19.6 Å². The predicted octanol–water partition coefficient (Wildman–Crippen LogP) is -1.81. The Balaban J connectivity index is 2.28. The van der Waals surface area contributed by atoms with Crippen LogP contribution in [0.2, 0.25) is 0 Å². The molecule has 0 saturated carbocycles. The van der Waals surface area contributed by atoms with Gasteiger partial charge in [0, 0.05) is 19.6 Å². The number of carbonyl (C=O) groups is 1. The minimum atomic E-state index is -3.54. The van der Waals surface area contributed by atoms with Gasteiger partial charge in [0.05, 0.1) is 18.8 Å². The fourth-order valence-corrected chi connectivity index (χ4v) is 2.37. The van der Waals surface area contributed by atoms with Gasteiger partial charge in [0.1, 0.15) is 5.60 Å². The van der Waals surface area contributed by atoms with E-state index in [1.54, 1.807) is 6.92 Å². The summed E-state index contributed by atoms with van der Waals surface area (Å²) in [7, 11) is -3.54. The Morgan fingerprint density at radius 1 is 1.53 bits per heavy atom. The zero-order valence-corrected chi connectivity index (χ0v) is 10.5. The number of esters is 1. The fourth-order valence-electron chi connectivity index (χ4n) is 1.31. The quantitative estimate of drug-likeness (QED) is 0.469. The molecule has 0 aromatic rings. The van der Waals surface area contributed by atoms with E-state index < -0.39 is 21.6 Å². The van der Waals surface area contributed by atoms with Gasteiger partial charge in [-0.05, 0) is 6.92 Å². The van der Waals surface area contributed by atoms with Crippen LogP contribution in [0.1, 0.15) is 13.3 Å². The summed E-state index contributed by atoms with van der Waals surface area (Å²) in [5.74, 6) is -0.864. The van der Waals surface area contributed by atoms with Crippen LogP contribution >= 0.6 is 0 Å².